The molecular weight excluding hydrogens is 272 g/mol. The van der Waals surface area contributed by atoms with Crippen LogP contribution in [0.5, 0.6) is 0 Å². The Morgan fingerprint density at radius 3 is 2.67 bits per heavy atom. The number of H-pyrrole nitrogens is 1. The van der Waals surface area contributed by atoms with Crippen LogP contribution in [0.15, 0.2) is 16.6 Å². The summed E-state index contributed by atoms with van der Waals surface area (Å²) in [6.07, 6.45) is 1.29. The van der Waals surface area contributed by atoms with Crippen molar-refractivity contribution in [2.24, 2.45) is 0 Å². The molecule has 0 radical (unpaired) electrons. The van der Waals surface area contributed by atoms with E-state index in [1.54, 1.807) is 6.92 Å². The van der Waals surface area contributed by atoms with Crippen LogP contribution in [0.25, 0.3) is 0 Å². The van der Waals surface area contributed by atoms with Crippen molar-refractivity contribution in [1.82, 2.24) is 15.0 Å². The summed E-state index contributed by atoms with van der Waals surface area (Å²) < 4.78 is 26.4. The van der Waals surface area contributed by atoms with Crippen LogP contribution < -0.4 is 4.72 Å². The lowest BCUT2D eigenvalue weighted by Crippen LogP contribution is -2.13. The second kappa shape index (κ2) is 4.69. The molecule has 8 heteroatoms. The lowest BCUT2D eigenvalue weighted by molar-refractivity contribution is 0.598. The van der Waals surface area contributed by atoms with Gasteiger partial charge in [-0.1, -0.05) is 13.8 Å². The van der Waals surface area contributed by atoms with Gasteiger partial charge in [0.2, 0.25) is 0 Å². The molecule has 6 nitrogen and oxygen atoms in total. The number of hydrogen-bond donors (Lipinski definition) is 2. The largest absolute Gasteiger partial charge is 0.332 e. The molecule has 0 spiro atoms. The van der Waals surface area contributed by atoms with Crippen molar-refractivity contribution in [2.75, 3.05) is 4.72 Å². The molecule has 0 fully saturated rings. The number of nitrogens with one attached hydrogen (secondary N) is 2. The first kappa shape index (κ1) is 13.0. The Morgan fingerprint density at radius 2 is 2.17 bits per heavy atom. The molecule has 18 heavy (non-hydrogen) atoms. The third-order valence-electron chi connectivity index (χ3n) is 2.30. The Hall–Kier alpha value is -1.41. The molecule has 0 aliphatic rings. The maximum absolute atomic E-state index is 12.0. The van der Waals surface area contributed by atoms with Crippen LogP contribution >= 0.6 is 11.3 Å². The van der Waals surface area contributed by atoms with E-state index in [1.165, 1.54) is 17.5 Å². The van der Waals surface area contributed by atoms with Crippen LogP contribution in [0.3, 0.4) is 0 Å². The fourth-order valence-electron chi connectivity index (χ4n) is 1.30. The zero-order valence-corrected chi connectivity index (χ0v) is 11.9. The quantitative estimate of drug-likeness (QED) is 0.901. The average molecular weight is 286 g/mol. The first-order valence-electron chi connectivity index (χ1n) is 5.38. The standard InChI is InChI=1S/C10H14N4O2S2/c1-6(2)8-5-17-10(13-8)14-18(15,16)9-4-11-7(3)12-9/h4-6H,1-3H3,(H,11,12)(H,13,14). The molecule has 2 heterocycles. The molecule has 2 aromatic heterocycles. The molecule has 0 atom stereocenters. The van der Waals surface area contributed by atoms with E-state index in [1.807, 2.05) is 19.2 Å². The van der Waals surface area contributed by atoms with Crippen molar-refractivity contribution < 1.29 is 8.42 Å². The SMILES string of the molecule is Cc1ncc(S(=O)(=O)Nc2nc(C(C)C)cs2)[nH]1. The Kier molecular flexibility index (Phi) is 3.40. The lowest BCUT2D eigenvalue weighted by Gasteiger charge is -2.02. The average Bonchev–Trinajstić information content (AvgIpc) is 2.86. The molecule has 0 unspecified atom stereocenters. The van der Waals surface area contributed by atoms with Gasteiger partial charge in [-0.2, -0.15) is 8.42 Å². The summed E-state index contributed by atoms with van der Waals surface area (Å²) in [7, 11) is -3.63. The van der Waals surface area contributed by atoms with E-state index in [0.717, 1.165) is 5.69 Å². The lowest BCUT2D eigenvalue weighted by atomic mass is 10.2. The van der Waals surface area contributed by atoms with Crippen LogP contribution in [0.4, 0.5) is 5.13 Å². The van der Waals surface area contributed by atoms with Gasteiger partial charge in [0, 0.05) is 5.38 Å². The number of hydrogen-bond acceptors (Lipinski definition) is 5. The summed E-state index contributed by atoms with van der Waals surface area (Å²) >= 11 is 1.27. The molecule has 0 bridgehead atoms. The van der Waals surface area contributed by atoms with Gasteiger partial charge in [0.05, 0.1) is 11.9 Å². The summed E-state index contributed by atoms with van der Waals surface area (Å²) in [4.78, 5) is 10.8. The number of rotatable bonds is 4. The Bertz CT molecular complexity index is 642. The van der Waals surface area contributed by atoms with Gasteiger partial charge in [-0.25, -0.2) is 9.97 Å². The van der Waals surface area contributed by atoms with Crippen molar-refractivity contribution in [3.63, 3.8) is 0 Å². The van der Waals surface area contributed by atoms with Gasteiger partial charge in [0.15, 0.2) is 10.2 Å². The van der Waals surface area contributed by atoms with Gasteiger partial charge >= 0.3 is 0 Å². The van der Waals surface area contributed by atoms with E-state index < -0.39 is 10.0 Å². The van der Waals surface area contributed by atoms with Crippen LogP contribution in [0.2, 0.25) is 0 Å². The van der Waals surface area contributed by atoms with E-state index in [4.69, 9.17) is 0 Å². The van der Waals surface area contributed by atoms with Crippen LogP contribution in [-0.4, -0.2) is 23.4 Å². The number of aryl methyl sites for hydroxylation is 1. The highest BCUT2D eigenvalue weighted by Crippen LogP contribution is 2.23. The zero-order valence-electron chi connectivity index (χ0n) is 10.3. The maximum atomic E-state index is 12.0. The second-order valence-electron chi connectivity index (χ2n) is 4.17. The van der Waals surface area contributed by atoms with Gasteiger partial charge < -0.3 is 4.98 Å². The topological polar surface area (TPSA) is 87.7 Å². The summed E-state index contributed by atoms with van der Waals surface area (Å²) in [5.74, 6) is 0.825. The third-order valence-corrected chi connectivity index (χ3v) is 4.46. The highest BCUT2D eigenvalue weighted by Gasteiger charge is 2.18. The van der Waals surface area contributed by atoms with Gasteiger partial charge in [0.1, 0.15) is 5.82 Å². The van der Waals surface area contributed by atoms with Gasteiger partial charge in [-0.15, -0.1) is 11.3 Å². The molecule has 0 aliphatic heterocycles. The molecule has 98 valence electrons. The van der Waals surface area contributed by atoms with Crippen molar-refractivity contribution in [3.8, 4) is 0 Å². The number of sulfonamides is 1. The maximum Gasteiger partial charge on any atom is 0.280 e. The Balaban J connectivity index is 2.22. The molecule has 0 saturated carbocycles. The summed E-state index contributed by atoms with van der Waals surface area (Å²) in [6, 6.07) is 0. The number of imidazole rings is 1. The Labute approximate surface area is 110 Å². The van der Waals surface area contributed by atoms with Crippen LogP contribution in [0, 0.1) is 6.92 Å². The fraction of sp³-hybridized carbons (Fsp3) is 0.400. The predicted molar refractivity (Wildman–Crippen MR) is 70.3 cm³/mol. The molecule has 0 saturated heterocycles. The normalized spacial score (nSPS) is 12.0. The first-order chi connectivity index (χ1) is 8.38. The second-order valence-corrected chi connectivity index (χ2v) is 6.68. The Morgan fingerprint density at radius 1 is 1.44 bits per heavy atom. The summed E-state index contributed by atoms with van der Waals surface area (Å²) in [5.41, 5.74) is 0.874. The van der Waals surface area contributed by atoms with Crippen molar-refractivity contribution in [3.05, 3.63) is 23.1 Å². The van der Waals surface area contributed by atoms with Crippen molar-refractivity contribution >= 4 is 26.5 Å². The number of aromatic nitrogens is 3. The molecule has 0 amide bonds. The number of thiazole rings is 1. The van der Waals surface area contributed by atoms with E-state index in [0.29, 0.717) is 11.0 Å². The summed E-state index contributed by atoms with van der Waals surface area (Å²) in [5, 5.41) is 2.26. The summed E-state index contributed by atoms with van der Waals surface area (Å²) in [6.45, 7) is 5.70. The van der Waals surface area contributed by atoms with E-state index >= 15 is 0 Å². The molecular formula is C10H14N4O2S2. The zero-order chi connectivity index (χ0) is 13.3. The highest BCUT2D eigenvalue weighted by atomic mass is 32.2. The molecule has 0 aliphatic carbocycles. The third kappa shape index (κ3) is 2.70. The minimum absolute atomic E-state index is 0.0429. The highest BCUT2D eigenvalue weighted by molar-refractivity contribution is 7.92. The minimum Gasteiger partial charge on any atom is -0.332 e. The van der Waals surface area contributed by atoms with Gasteiger partial charge in [0.25, 0.3) is 10.0 Å². The fourth-order valence-corrected chi connectivity index (χ4v) is 3.40. The van der Waals surface area contributed by atoms with Gasteiger partial charge in [-0.05, 0) is 12.8 Å². The van der Waals surface area contributed by atoms with E-state index in [2.05, 4.69) is 19.7 Å². The molecule has 2 N–H and O–H groups in total. The molecule has 0 aromatic carbocycles. The van der Waals surface area contributed by atoms with Crippen molar-refractivity contribution in [1.29, 1.82) is 0 Å². The minimum atomic E-state index is -3.63. The molecule has 2 rings (SSSR count). The van der Waals surface area contributed by atoms with Gasteiger partial charge in [-0.3, -0.25) is 4.72 Å². The predicted octanol–water partition coefficient (Wildman–Crippen LogP) is 2.10. The first-order valence-corrected chi connectivity index (χ1v) is 7.74. The monoisotopic (exact) mass is 286 g/mol. The van der Waals surface area contributed by atoms with Crippen molar-refractivity contribution in [2.45, 2.75) is 31.7 Å². The van der Waals surface area contributed by atoms with E-state index in [-0.39, 0.29) is 10.9 Å². The van der Waals surface area contributed by atoms with E-state index in [9.17, 15) is 8.42 Å². The molecule has 2 aromatic rings. The number of aromatic amines is 1. The smallest absolute Gasteiger partial charge is 0.280 e. The van der Waals surface area contributed by atoms with Crippen LogP contribution in [0.1, 0.15) is 31.3 Å². The number of anilines is 1. The van der Waals surface area contributed by atoms with Crippen LogP contribution in [-0.2, 0) is 10.0 Å². The number of nitrogens with zero attached hydrogens (tertiary/aromatic N) is 2.